The zero-order valence-corrected chi connectivity index (χ0v) is 29.7. The van der Waals surface area contributed by atoms with E-state index in [4.69, 9.17) is 9.72 Å². The van der Waals surface area contributed by atoms with Crippen LogP contribution in [0, 0.1) is 6.92 Å². The van der Waals surface area contributed by atoms with Crippen LogP contribution in [0.15, 0.2) is 53.6 Å². The van der Waals surface area contributed by atoms with Gasteiger partial charge >= 0.3 is 0 Å². The fraction of sp³-hybridized carbons (Fsp3) is 0.395. The Labute approximate surface area is 301 Å². The minimum atomic E-state index is -0.291. The van der Waals surface area contributed by atoms with Crippen molar-refractivity contribution in [3.8, 4) is 11.5 Å². The molecule has 3 N–H and O–H groups in total. The summed E-state index contributed by atoms with van der Waals surface area (Å²) in [5.41, 5.74) is 2.62. The monoisotopic (exact) mass is 708 g/mol. The number of nitrogens with zero attached hydrogens (tertiary/aromatic N) is 6. The first-order chi connectivity index (χ1) is 25.1. The third-order valence-electron chi connectivity index (χ3n) is 9.73. The maximum Gasteiger partial charge on any atom is 0.263 e. The molecular weight excluding hydrogens is 664 g/mol. The lowest BCUT2D eigenvalue weighted by atomic mass is 10.0. The summed E-state index contributed by atoms with van der Waals surface area (Å²) >= 11 is 0. The van der Waals surface area contributed by atoms with Crippen molar-refractivity contribution in [2.24, 2.45) is 0 Å². The molecule has 2 aliphatic rings. The van der Waals surface area contributed by atoms with E-state index in [2.05, 4.69) is 25.5 Å². The van der Waals surface area contributed by atoms with E-state index in [9.17, 15) is 24.3 Å². The molecule has 1 saturated heterocycles. The number of benzene rings is 1. The summed E-state index contributed by atoms with van der Waals surface area (Å²) in [5, 5.41) is 16.5. The van der Waals surface area contributed by atoms with Gasteiger partial charge in [-0.1, -0.05) is 18.9 Å². The smallest absolute Gasteiger partial charge is 0.263 e. The largest absolute Gasteiger partial charge is 0.504 e. The number of carbonyl (C=O) groups is 3. The van der Waals surface area contributed by atoms with Crippen molar-refractivity contribution in [1.82, 2.24) is 29.7 Å². The molecule has 0 spiro atoms. The summed E-state index contributed by atoms with van der Waals surface area (Å²) in [6.45, 7) is 6.07. The molecule has 3 aromatic heterocycles. The van der Waals surface area contributed by atoms with Crippen molar-refractivity contribution >= 4 is 52.2 Å². The zero-order chi connectivity index (χ0) is 36.8. The number of amides is 2. The van der Waals surface area contributed by atoms with Crippen LogP contribution in [0.25, 0.3) is 17.1 Å². The number of rotatable bonds is 12. The number of piperazine rings is 1. The van der Waals surface area contributed by atoms with E-state index in [1.807, 2.05) is 17.0 Å². The number of hydrogen-bond donors (Lipinski definition) is 3. The Morgan fingerprint density at radius 2 is 1.81 bits per heavy atom. The molecule has 0 bridgehead atoms. The van der Waals surface area contributed by atoms with Gasteiger partial charge in [-0.2, -0.15) is 4.98 Å². The summed E-state index contributed by atoms with van der Waals surface area (Å²) in [6, 6.07) is 8.67. The molecule has 0 radical (unpaired) electrons. The standard InChI is InChI=1S/C38H44N8O6/c1-24-29-23-41-38(43-36(29)46(27-7-4-5-8-27)37(51)35(24)25(2)47)42-32-14-12-28(22-40-32)44-17-19-45(20-18-44)34(50)9-6-16-39-33(49)15-11-26-10-13-31(52-3)30(48)21-26/h10-15,21-23,27,48H,4-9,16-20H2,1-3H3,(H,39,49)(H,40,41,42,43)/b15-11+. The predicted octanol–water partition coefficient (Wildman–Crippen LogP) is 4.53. The Balaban J connectivity index is 0.986. The molecule has 0 unspecified atom stereocenters. The van der Waals surface area contributed by atoms with Gasteiger partial charge in [0.2, 0.25) is 17.8 Å². The van der Waals surface area contributed by atoms with E-state index >= 15 is 0 Å². The Morgan fingerprint density at radius 1 is 1.04 bits per heavy atom. The van der Waals surface area contributed by atoms with Crippen molar-refractivity contribution in [3.63, 3.8) is 0 Å². The average molecular weight is 709 g/mol. The van der Waals surface area contributed by atoms with Crippen LogP contribution >= 0.6 is 0 Å². The second kappa shape index (κ2) is 16.0. The van der Waals surface area contributed by atoms with E-state index in [1.165, 1.54) is 26.2 Å². The van der Waals surface area contributed by atoms with Gasteiger partial charge in [-0.15, -0.1) is 0 Å². The lowest BCUT2D eigenvalue weighted by Gasteiger charge is -2.36. The highest BCUT2D eigenvalue weighted by atomic mass is 16.5. The van der Waals surface area contributed by atoms with E-state index < -0.39 is 0 Å². The number of aromatic nitrogens is 4. The van der Waals surface area contributed by atoms with E-state index in [0.717, 1.165) is 31.4 Å². The molecule has 4 aromatic rings. The van der Waals surface area contributed by atoms with Crippen LogP contribution < -0.4 is 25.8 Å². The number of aryl methyl sites for hydroxylation is 1. The molecule has 14 nitrogen and oxygen atoms in total. The molecule has 1 aromatic carbocycles. The molecule has 272 valence electrons. The summed E-state index contributed by atoms with van der Waals surface area (Å²) in [5.74, 6) is 0.735. The molecule has 2 amide bonds. The van der Waals surface area contributed by atoms with E-state index in [-0.39, 0.29) is 40.5 Å². The van der Waals surface area contributed by atoms with Crippen LogP contribution in [-0.2, 0) is 9.59 Å². The molecule has 6 rings (SSSR count). The zero-order valence-electron chi connectivity index (χ0n) is 29.7. The van der Waals surface area contributed by atoms with Gasteiger partial charge in [0.1, 0.15) is 11.5 Å². The summed E-state index contributed by atoms with van der Waals surface area (Å²) in [7, 11) is 1.47. The van der Waals surface area contributed by atoms with Gasteiger partial charge < -0.3 is 30.3 Å². The lowest BCUT2D eigenvalue weighted by molar-refractivity contribution is -0.131. The van der Waals surface area contributed by atoms with Crippen molar-refractivity contribution in [2.45, 2.75) is 58.4 Å². The lowest BCUT2D eigenvalue weighted by Crippen LogP contribution is -2.48. The SMILES string of the molecule is COc1ccc(/C=C/C(=O)NCCCC(=O)N2CCN(c3ccc(Nc4ncc5c(C)c(C(C)=O)c(=O)n(C6CCCC6)c5n4)nc3)CC2)cc1O. The molecule has 14 heteroatoms. The number of phenols is 1. The highest BCUT2D eigenvalue weighted by molar-refractivity contribution is 5.99. The van der Waals surface area contributed by atoms with Crippen LogP contribution in [0.2, 0.25) is 0 Å². The van der Waals surface area contributed by atoms with Gasteiger partial charge in [0.25, 0.3) is 5.56 Å². The minimum Gasteiger partial charge on any atom is -0.504 e. The molecule has 4 heterocycles. The second-order valence-electron chi connectivity index (χ2n) is 13.2. The normalized spacial score (nSPS) is 15.0. The van der Waals surface area contributed by atoms with Gasteiger partial charge in [-0.05, 0) is 74.6 Å². The van der Waals surface area contributed by atoms with Gasteiger partial charge in [-0.3, -0.25) is 23.7 Å². The number of anilines is 3. The van der Waals surface area contributed by atoms with E-state index in [1.54, 1.807) is 42.1 Å². The number of carbonyl (C=O) groups excluding carboxylic acids is 3. The molecule has 1 aliphatic heterocycles. The number of methoxy groups -OCH3 is 1. The molecule has 0 atom stereocenters. The Bertz CT molecular complexity index is 2050. The maximum atomic E-state index is 13.5. The molecule has 2 fully saturated rings. The first-order valence-corrected chi connectivity index (χ1v) is 17.6. The highest BCUT2D eigenvalue weighted by Crippen LogP contribution is 2.32. The van der Waals surface area contributed by atoms with Gasteiger partial charge in [0.15, 0.2) is 17.3 Å². The van der Waals surface area contributed by atoms with Crippen LogP contribution in [-0.4, -0.2) is 87.0 Å². The number of ketones is 1. The molecular formula is C38H44N8O6. The Hall–Kier alpha value is -5.79. The predicted molar refractivity (Wildman–Crippen MR) is 198 cm³/mol. The van der Waals surface area contributed by atoms with E-state index in [0.29, 0.717) is 85.2 Å². The summed E-state index contributed by atoms with van der Waals surface area (Å²) in [6.07, 6.45) is 11.1. The van der Waals surface area contributed by atoms with Gasteiger partial charge in [0.05, 0.1) is 24.6 Å². The quantitative estimate of drug-likeness (QED) is 0.107. The van der Waals surface area contributed by atoms with Crippen LogP contribution in [0.4, 0.5) is 17.5 Å². The third kappa shape index (κ3) is 8.06. The summed E-state index contributed by atoms with van der Waals surface area (Å²) < 4.78 is 6.72. The van der Waals surface area contributed by atoms with Crippen LogP contribution in [0.3, 0.4) is 0 Å². The highest BCUT2D eigenvalue weighted by Gasteiger charge is 2.26. The average Bonchev–Trinajstić information content (AvgIpc) is 3.67. The number of phenolic OH excluding ortho intramolecular Hbond substituents is 1. The molecule has 1 saturated carbocycles. The molecule has 52 heavy (non-hydrogen) atoms. The fourth-order valence-electron chi connectivity index (χ4n) is 6.94. The van der Waals surface area contributed by atoms with Gasteiger partial charge in [-0.25, -0.2) is 9.97 Å². The topological polar surface area (TPSA) is 172 Å². The number of fused-ring (bicyclic) bond motifs is 1. The Kier molecular flexibility index (Phi) is 11.1. The number of Topliss-reactive ketones (excluding diaryl/α,β-unsaturated/α-hetero) is 1. The van der Waals surface area contributed by atoms with Crippen molar-refractivity contribution in [1.29, 1.82) is 0 Å². The number of hydrogen-bond acceptors (Lipinski definition) is 11. The second-order valence-corrected chi connectivity index (χ2v) is 13.2. The summed E-state index contributed by atoms with van der Waals surface area (Å²) in [4.78, 5) is 68.8. The Morgan fingerprint density at radius 3 is 2.48 bits per heavy atom. The number of aromatic hydroxyl groups is 1. The first kappa shape index (κ1) is 36.0. The first-order valence-electron chi connectivity index (χ1n) is 17.6. The van der Waals surface area contributed by atoms with Crippen LogP contribution in [0.5, 0.6) is 11.5 Å². The fourth-order valence-corrected chi connectivity index (χ4v) is 6.94. The number of nitrogens with one attached hydrogen (secondary N) is 2. The minimum absolute atomic E-state index is 0.00364. The number of ether oxygens (including phenoxy) is 1. The maximum absolute atomic E-state index is 13.5. The van der Waals surface area contributed by atoms with Crippen LogP contribution in [0.1, 0.15) is 73.0 Å². The number of pyridine rings is 2. The third-order valence-corrected chi connectivity index (χ3v) is 9.73. The molecule has 1 aliphatic carbocycles. The van der Waals surface area contributed by atoms with Crippen molar-refractivity contribution in [2.75, 3.05) is 50.1 Å². The van der Waals surface area contributed by atoms with Crippen molar-refractivity contribution < 1.29 is 24.2 Å². The van der Waals surface area contributed by atoms with Crippen molar-refractivity contribution in [3.05, 3.63) is 75.8 Å². The van der Waals surface area contributed by atoms with Gasteiger partial charge in [0, 0.05) is 62.8 Å².